The van der Waals surface area contributed by atoms with Crippen LogP contribution in [0.15, 0.2) is 18.2 Å². The van der Waals surface area contributed by atoms with Crippen LogP contribution in [-0.2, 0) is 4.74 Å². The Labute approximate surface area is 123 Å². The highest BCUT2D eigenvalue weighted by Gasteiger charge is 2.29. The zero-order valence-electron chi connectivity index (χ0n) is 12.2. The topological polar surface area (TPSA) is 87.7 Å². The van der Waals surface area contributed by atoms with Gasteiger partial charge in [-0.15, -0.1) is 0 Å². The first-order valence-corrected chi connectivity index (χ1v) is 6.90. The number of carboxylic acid groups (broad SMARTS) is 1. The van der Waals surface area contributed by atoms with Gasteiger partial charge in [-0.05, 0) is 44.4 Å². The number of carbonyl (C=O) groups is 2. The number of aromatic carboxylic acids is 1. The fourth-order valence-corrected chi connectivity index (χ4v) is 2.35. The number of carbonyl (C=O) groups excluding carboxylic acids is 1. The smallest absolute Gasteiger partial charge is 0.335 e. The molecule has 1 fully saturated rings. The molecule has 0 spiro atoms. The van der Waals surface area contributed by atoms with E-state index in [4.69, 9.17) is 9.84 Å². The van der Waals surface area contributed by atoms with E-state index >= 15 is 0 Å². The number of nitrogens with one attached hydrogen (secondary N) is 2. The zero-order chi connectivity index (χ0) is 15.5. The van der Waals surface area contributed by atoms with Crippen LogP contribution in [0.3, 0.4) is 0 Å². The average Bonchev–Trinajstić information content (AvgIpc) is 2.41. The summed E-state index contributed by atoms with van der Waals surface area (Å²) < 4.78 is 5.39. The maximum absolute atomic E-state index is 12.1. The maximum atomic E-state index is 12.1. The van der Waals surface area contributed by atoms with Gasteiger partial charge in [-0.1, -0.05) is 6.07 Å². The number of rotatable bonds is 3. The Morgan fingerprint density at radius 2 is 2.14 bits per heavy atom. The monoisotopic (exact) mass is 292 g/mol. The third kappa shape index (κ3) is 3.95. The summed E-state index contributed by atoms with van der Waals surface area (Å²) in [5, 5.41) is 14.6. The molecule has 1 heterocycles. The summed E-state index contributed by atoms with van der Waals surface area (Å²) in [6, 6.07) is 4.28. The number of urea groups is 1. The maximum Gasteiger partial charge on any atom is 0.335 e. The van der Waals surface area contributed by atoms with Crippen LogP contribution in [0.2, 0.25) is 0 Å². The minimum atomic E-state index is -1.02. The van der Waals surface area contributed by atoms with Gasteiger partial charge in [0, 0.05) is 12.3 Å². The molecule has 0 saturated carbocycles. The summed E-state index contributed by atoms with van der Waals surface area (Å²) in [5.41, 5.74) is 1.05. The van der Waals surface area contributed by atoms with Gasteiger partial charge in [0.15, 0.2) is 0 Å². The van der Waals surface area contributed by atoms with E-state index in [2.05, 4.69) is 10.6 Å². The summed E-state index contributed by atoms with van der Waals surface area (Å²) in [4.78, 5) is 23.1. The molecule has 0 bridgehead atoms. The quantitative estimate of drug-likeness (QED) is 0.798. The zero-order valence-corrected chi connectivity index (χ0v) is 12.2. The van der Waals surface area contributed by atoms with E-state index < -0.39 is 5.97 Å². The Hall–Kier alpha value is -2.08. The lowest BCUT2D eigenvalue weighted by molar-refractivity contribution is 0.0342. The van der Waals surface area contributed by atoms with Gasteiger partial charge >= 0.3 is 12.0 Å². The standard InChI is InChI=1S/C15H20N2O4/c1-10-4-5-11(13(18)19)8-12(10)16-14(20)17-15(2)6-3-7-21-9-15/h4-5,8H,3,6-7,9H2,1-2H3,(H,18,19)(H2,16,17,20). The molecule has 1 unspecified atom stereocenters. The van der Waals surface area contributed by atoms with E-state index in [1.54, 1.807) is 6.07 Å². The van der Waals surface area contributed by atoms with Crippen LogP contribution in [0.25, 0.3) is 0 Å². The third-order valence-corrected chi connectivity index (χ3v) is 3.59. The van der Waals surface area contributed by atoms with Crippen molar-refractivity contribution in [2.24, 2.45) is 0 Å². The molecule has 0 aromatic heterocycles. The van der Waals surface area contributed by atoms with Crippen LogP contribution >= 0.6 is 0 Å². The lowest BCUT2D eigenvalue weighted by Gasteiger charge is -2.34. The van der Waals surface area contributed by atoms with Crippen molar-refractivity contribution >= 4 is 17.7 Å². The normalized spacial score (nSPS) is 21.6. The van der Waals surface area contributed by atoms with E-state index in [1.807, 2.05) is 13.8 Å². The molecule has 1 aromatic carbocycles. The van der Waals surface area contributed by atoms with Gasteiger partial charge in [-0.3, -0.25) is 0 Å². The van der Waals surface area contributed by atoms with Gasteiger partial charge in [0.05, 0.1) is 17.7 Å². The first kappa shape index (κ1) is 15.3. The summed E-state index contributed by atoms with van der Waals surface area (Å²) >= 11 is 0. The Morgan fingerprint density at radius 1 is 1.38 bits per heavy atom. The second-order valence-corrected chi connectivity index (χ2v) is 5.63. The molecule has 2 amide bonds. The first-order chi connectivity index (χ1) is 9.89. The second-order valence-electron chi connectivity index (χ2n) is 5.63. The van der Waals surface area contributed by atoms with Crippen LogP contribution in [0.1, 0.15) is 35.7 Å². The average molecular weight is 292 g/mol. The van der Waals surface area contributed by atoms with E-state index in [0.29, 0.717) is 12.3 Å². The number of anilines is 1. The third-order valence-electron chi connectivity index (χ3n) is 3.59. The first-order valence-electron chi connectivity index (χ1n) is 6.90. The van der Waals surface area contributed by atoms with Crippen molar-refractivity contribution in [3.05, 3.63) is 29.3 Å². The highest BCUT2D eigenvalue weighted by Crippen LogP contribution is 2.20. The fourth-order valence-electron chi connectivity index (χ4n) is 2.35. The molecule has 6 heteroatoms. The number of aryl methyl sites for hydroxylation is 1. The lowest BCUT2D eigenvalue weighted by atomic mass is 9.95. The summed E-state index contributed by atoms with van der Waals surface area (Å²) in [6.45, 7) is 4.95. The van der Waals surface area contributed by atoms with Crippen LogP contribution in [0.4, 0.5) is 10.5 Å². The van der Waals surface area contributed by atoms with E-state index in [0.717, 1.165) is 25.0 Å². The molecule has 1 aromatic rings. The highest BCUT2D eigenvalue weighted by atomic mass is 16.5. The SMILES string of the molecule is Cc1ccc(C(=O)O)cc1NC(=O)NC1(C)CCCOC1. The molecule has 3 N–H and O–H groups in total. The number of carboxylic acids is 1. The van der Waals surface area contributed by atoms with Crippen molar-refractivity contribution in [3.63, 3.8) is 0 Å². The summed E-state index contributed by atoms with van der Waals surface area (Å²) in [5.74, 6) is -1.02. The van der Waals surface area contributed by atoms with E-state index in [1.165, 1.54) is 12.1 Å². The van der Waals surface area contributed by atoms with Crippen molar-refractivity contribution in [1.29, 1.82) is 0 Å². The Kier molecular flexibility index (Phi) is 4.47. The molecule has 21 heavy (non-hydrogen) atoms. The molecule has 6 nitrogen and oxygen atoms in total. The molecule has 0 aliphatic carbocycles. The Bertz CT molecular complexity index is 551. The Morgan fingerprint density at radius 3 is 2.76 bits per heavy atom. The molecule has 0 radical (unpaired) electrons. The van der Waals surface area contributed by atoms with Gasteiger partial charge < -0.3 is 20.5 Å². The van der Waals surface area contributed by atoms with Crippen LogP contribution in [0, 0.1) is 6.92 Å². The number of hydrogen-bond donors (Lipinski definition) is 3. The number of benzene rings is 1. The fraction of sp³-hybridized carbons (Fsp3) is 0.467. The molecule has 1 saturated heterocycles. The van der Waals surface area contributed by atoms with Crippen molar-refractivity contribution in [2.75, 3.05) is 18.5 Å². The number of ether oxygens (including phenoxy) is 1. The largest absolute Gasteiger partial charge is 0.478 e. The van der Waals surface area contributed by atoms with Crippen molar-refractivity contribution in [2.45, 2.75) is 32.2 Å². The predicted molar refractivity (Wildman–Crippen MR) is 78.8 cm³/mol. The summed E-state index contributed by atoms with van der Waals surface area (Å²) in [6.07, 6.45) is 1.76. The minimum Gasteiger partial charge on any atom is -0.478 e. The minimum absolute atomic E-state index is 0.142. The predicted octanol–water partition coefficient (Wildman–Crippen LogP) is 2.38. The Balaban J connectivity index is 2.05. The van der Waals surface area contributed by atoms with Crippen LogP contribution in [0.5, 0.6) is 0 Å². The second kappa shape index (κ2) is 6.13. The van der Waals surface area contributed by atoms with Crippen molar-refractivity contribution in [1.82, 2.24) is 5.32 Å². The van der Waals surface area contributed by atoms with Gasteiger partial charge in [-0.25, -0.2) is 9.59 Å². The van der Waals surface area contributed by atoms with Crippen molar-refractivity contribution < 1.29 is 19.4 Å². The van der Waals surface area contributed by atoms with Crippen LogP contribution < -0.4 is 10.6 Å². The molecule has 1 aliphatic rings. The summed E-state index contributed by atoms with van der Waals surface area (Å²) in [7, 11) is 0. The number of hydrogen-bond acceptors (Lipinski definition) is 3. The molecule has 114 valence electrons. The number of amides is 2. The molecular formula is C15H20N2O4. The van der Waals surface area contributed by atoms with Gasteiger partial charge in [0.1, 0.15) is 0 Å². The van der Waals surface area contributed by atoms with E-state index in [-0.39, 0.29) is 17.1 Å². The van der Waals surface area contributed by atoms with Gasteiger partial charge in [0.25, 0.3) is 0 Å². The van der Waals surface area contributed by atoms with Crippen molar-refractivity contribution in [3.8, 4) is 0 Å². The van der Waals surface area contributed by atoms with Crippen LogP contribution in [-0.4, -0.2) is 35.9 Å². The molecule has 1 aliphatic heterocycles. The molecular weight excluding hydrogens is 272 g/mol. The molecule has 2 rings (SSSR count). The van der Waals surface area contributed by atoms with Gasteiger partial charge in [-0.2, -0.15) is 0 Å². The lowest BCUT2D eigenvalue weighted by Crippen LogP contribution is -2.52. The van der Waals surface area contributed by atoms with E-state index in [9.17, 15) is 9.59 Å². The molecule has 1 atom stereocenters. The van der Waals surface area contributed by atoms with Gasteiger partial charge in [0.2, 0.25) is 0 Å². The highest BCUT2D eigenvalue weighted by molar-refractivity contribution is 5.94.